The Balaban J connectivity index is 1.51. The molecule has 0 radical (unpaired) electrons. The maximum Gasteiger partial charge on any atom is 0.264 e. The number of carbonyl (C=O) groups is 1. The molecule has 0 aliphatic heterocycles. The van der Waals surface area contributed by atoms with Crippen molar-refractivity contribution in [2.24, 2.45) is 0 Å². The second-order valence-corrected chi connectivity index (χ2v) is 11.9. The quantitative estimate of drug-likeness (QED) is 0.226. The molecule has 0 fully saturated rings. The van der Waals surface area contributed by atoms with Gasteiger partial charge in [-0.05, 0) is 79.6 Å². The maximum atomic E-state index is 13.6. The summed E-state index contributed by atoms with van der Waals surface area (Å²) in [7, 11) is -4.01. The largest absolute Gasteiger partial charge is 0.325 e. The monoisotopic (exact) mass is 550 g/mol. The minimum absolute atomic E-state index is 0.112. The van der Waals surface area contributed by atoms with Crippen molar-refractivity contribution in [3.05, 3.63) is 119 Å². The highest BCUT2D eigenvalue weighted by molar-refractivity contribution is 7.98. The molecular formula is C29H27ClN2O3S2. The van der Waals surface area contributed by atoms with E-state index in [4.69, 9.17) is 11.6 Å². The van der Waals surface area contributed by atoms with Crippen LogP contribution in [0.25, 0.3) is 0 Å². The Morgan fingerprint density at radius 2 is 1.57 bits per heavy atom. The fraction of sp³-hybridized carbons (Fsp3) is 0.138. The summed E-state index contributed by atoms with van der Waals surface area (Å²) in [6, 6.07) is 29.2. The Morgan fingerprint density at radius 3 is 2.22 bits per heavy atom. The van der Waals surface area contributed by atoms with Gasteiger partial charge in [-0.15, -0.1) is 11.8 Å². The molecule has 0 aromatic heterocycles. The molecule has 0 bridgehead atoms. The minimum Gasteiger partial charge on any atom is -0.325 e. The first-order chi connectivity index (χ1) is 17.7. The number of nitrogens with zero attached hydrogens (tertiary/aromatic N) is 1. The normalized spacial score (nSPS) is 11.2. The summed E-state index contributed by atoms with van der Waals surface area (Å²) in [6.07, 6.45) is 0. The van der Waals surface area contributed by atoms with Gasteiger partial charge in [0.1, 0.15) is 6.54 Å². The first-order valence-corrected chi connectivity index (χ1v) is 14.4. The molecule has 1 N–H and O–H groups in total. The number of benzene rings is 4. The molecule has 0 heterocycles. The summed E-state index contributed by atoms with van der Waals surface area (Å²) in [5.41, 5.74) is 3.70. The van der Waals surface area contributed by atoms with Crippen molar-refractivity contribution in [3.63, 3.8) is 0 Å². The summed E-state index contributed by atoms with van der Waals surface area (Å²) in [4.78, 5) is 14.4. The third kappa shape index (κ3) is 6.95. The van der Waals surface area contributed by atoms with E-state index in [1.165, 1.54) is 4.90 Å². The fourth-order valence-electron chi connectivity index (χ4n) is 3.73. The van der Waals surface area contributed by atoms with Gasteiger partial charge >= 0.3 is 0 Å². The summed E-state index contributed by atoms with van der Waals surface area (Å²) < 4.78 is 28.4. The number of halogens is 1. The minimum atomic E-state index is -4.01. The van der Waals surface area contributed by atoms with Gasteiger partial charge in [0.05, 0.1) is 10.6 Å². The topological polar surface area (TPSA) is 66.5 Å². The van der Waals surface area contributed by atoms with Crippen LogP contribution in [0.5, 0.6) is 0 Å². The number of thioether (sulfide) groups is 1. The lowest BCUT2D eigenvalue weighted by molar-refractivity contribution is -0.114. The average molecular weight is 551 g/mol. The zero-order chi connectivity index (χ0) is 26.4. The summed E-state index contributed by atoms with van der Waals surface area (Å²) >= 11 is 7.84. The number of sulfonamides is 1. The van der Waals surface area contributed by atoms with Crippen LogP contribution in [0.2, 0.25) is 5.02 Å². The average Bonchev–Trinajstić information content (AvgIpc) is 2.88. The first-order valence-electron chi connectivity index (χ1n) is 11.6. The van der Waals surface area contributed by atoms with E-state index in [2.05, 4.69) is 17.4 Å². The number of hydrogen-bond donors (Lipinski definition) is 1. The van der Waals surface area contributed by atoms with Crippen LogP contribution >= 0.6 is 23.4 Å². The van der Waals surface area contributed by atoms with E-state index in [0.29, 0.717) is 22.0 Å². The lowest BCUT2D eigenvalue weighted by Crippen LogP contribution is -2.38. The van der Waals surface area contributed by atoms with E-state index in [1.807, 2.05) is 49.4 Å². The standard InChI is InChI=1S/C29H27ClN2O3S2/c1-21-8-15-27(16-9-21)37(34,35)32(28-17-12-24(30)18-22(28)2)19-29(33)31-25-13-10-23(11-14-25)20-36-26-6-4-3-5-7-26/h3-18H,19-20H2,1-2H3,(H,31,33). The molecule has 5 nitrogen and oxygen atoms in total. The van der Waals surface area contributed by atoms with Crippen molar-refractivity contribution in [1.29, 1.82) is 0 Å². The van der Waals surface area contributed by atoms with Gasteiger partial charge in [-0.3, -0.25) is 9.10 Å². The molecule has 0 aliphatic rings. The smallest absolute Gasteiger partial charge is 0.264 e. The molecule has 0 saturated heterocycles. The molecule has 4 rings (SSSR count). The number of rotatable bonds is 9. The third-order valence-corrected chi connectivity index (χ3v) is 8.80. The Labute approximate surface area is 227 Å². The molecule has 0 unspecified atom stereocenters. The highest BCUT2D eigenvalue weighted by Crippen LogP contribution is 2.29. The van der Waals surface area contributed by atoms with Crippen molar-refractivity contribution in [3.8, 4) is 0 Å². The molecule has 37 heavy (non-hydrogen) atoms. The maximum absolute atomic E-state index is 13.6. The van der Waals surface area contributed by atoms with Gasteiger partial charge in [0.2, 0.25) is 5.91 Å². The summed E-state index contributed by atoms with van der Waals surface area (Å²) in [5, 5.41) is 3.32. The van der Waals surface area contributed by atoms with Gasteiger partial charge in [0, 0.05) is 21.4 Å². The zero-order valence-corrected chi connectivity index (χ0v) is 22.9. The van der Waals surface area contributed by atoms with E-state index < -0.39 is 15.9 Å². The van der Waals surface area contributed by atoms with Gasteiger partial charge in [0.15, 0.2) is 0 Å². The van der Waals surface area contributed by atoms with Crippen LogP contribution in [-0.2, 0) is 20.6 Å². The molecule has 8 heteroatoms. The van der Waals surface area contributed by atoms with Crippen molar-refractivity contribution in [1.82, 2.24) is 0 Å². The van der Waals surface area contributed by atoms with Crippen LogP contribution in [0.3, 0.4) is 0 Å². The van der Waals surface area contributed by atoms with Crippen LogP contribution in [0.4, 0.5) is 11.4 Å². The van der Waals surface area contributed by atoms with E-state index in [-0.39, 0.29) is 11.4 Å². The van der Waals surface area contributed by atoms with Crippen molar-refractivity contribution in [2.75, 3.05) is 16.2 Å². The van der Waals surface area contributed by atoms with Gasteiger partial charge < -0.3 is 5.32 Å². The Bertz CT molecular complexity index is 1470. The molecule has 0 aliphatic carbocycles. The Kier molecular flexibility index (Phi) is 8.59. The fourth-order valence-corrected chi connectivity index (χ4v) is 6.32. The summed E-state index contributed by atoms with van der Waals surface area (Å²) in [5.74, 6) is 0.355. The van der Waals surface area contributed by atoms with Gasteiger partial charge in [0.25, 0.3) is 10.0 Å². The third-order valence-electron chi connectivity index (χ3n) is 5.71. The number of amides is 1. The number of nitrogens with one attached hydrogen (secondary N) is 1. The molecule has 4 aromatic carbocycles. The number of anilines is 2. The lowest BCUT2D eigenvalue weighted by Gasteiger charge is -2.26. The molecular weight excluding hydrogens is 524 g/mol. The number of aryl methyl sites for hydroxylation is 2. The van der Waals surface area contributed by atoms with Crippen molar-refractivity contribution in [2.45, 2.75) is 29.4 Å². The van der Waals surface area contributed by atoms with E-state index >= 15 is 0 Å². The van der Waals surface area contributed by atoms with Gasteiger partial charge in [-0.2, -0.15) is 0 Å². The first kappa shape index (κ1) is 26.8. The zero-order valence-electron chi connectivity index (χ0n) is 20.5. The SMILES string of the molecule is Cc1ccc(S(=O)(=O)N(CC(=O)Nc2ccc(CSc3ccccc3)cc2)c2ccc(Cl)cc2C)cc1. The molecule has 1 amide bonds. The van der Waals surface area contributed by atoms with E-state index in [0.717, 1.165) is 21.2 Å². The predicted octanol–water partition coefficient (Wildman–Crippen LogP) is 7.08. The molecule has 4 aromatic rings. The highest BCUT2D eigenvalue weighted by atomic mass is 35.5. The second kappa shape index (κ2) is 11.9. The van der Waals surface area contributed by atoms with Crippen molar-refractivity contribution < 1.29 is 13.2 Å². The van der Waals surface area contributed by atoms with E-state index in [9.17, 15) is 13.2 Å². The predicted molar refractivity (Wildman–Crippen MR) is 153 cm³/mol. The second-order valence-electron chi connectivity index (χ2n) is 8.60. The van der Waals surface area contributed by atoms with Crippen molar-refractivity contribution >= 4 is 50.7 Å². The van der Waals surface area contributed by atoms with Crippen LogP contribution in [0.15, 0.2) is 107 Å². The Morgan fingerprint density at radius 1 is 0.892 bits per heavy atom. The molecule has 0 saturated carbocycles. The van der Waals surface area contributed by atoms with Crippen LogP contribution in [0, 0.1) is 13.8 Å². The van der Waals surface area contributed by atoms with Gasteiger partial charge in [-0.1, -0.05) is 59.6 Å². The van der Waals surface area contributed by atoms with Crippen LogP contribution < -0.4 is 9.62 Å². The summed E-state index contributed by atoms with van der Waals surface area (Å²) in [6.45, 7) is 3.27. The highest BCUT2D eigenvalue weighted by Gasteiger charge is 2.28. The number of carbonyl (C=O) groups excluding carboxylic acids is 1. The lowest BCUT2D eigenvalue weighted by atomic mass is 10.2. The molecule has 190 valence electrons. The van der Waals surface area contributed by atoms with Gasteiger partial charge in [-0.25, -0.2) is 8.42 Å². The molecule has 0 atom stereocenters. The molecule has 0 spiro atoms. The van der Waals surface area contributed by atoms with Crippen LogP contribution in [0.1, 0.15) is 16.7 Å². The number of hydrogen-bond acceptors (Lipinski definition) is 4. The van der Waals surface area contributed by atoms with Crippen LogP contribution in [-0.4, -0.2) is 20.9 Å². The Hall–Kier alpha value is -3.26. The van der Waals surface area contributed by atoms with E-state index in [1.54, 1.807) is 61.2 Å².